The zero-order valence-electron chi connectivity index (χ0n) is 19.4. The van der Waals surface area contributed by atoms with Gasteiger partial charge in [0.15, 0.2) is 5.13 Å². The lowest BCUT2D eigenvalue weighted by Crippen LogP contribution is -2.27. The maximum atomic E-state index is 14.3. The Balaban J connectivity index is 1.14. The number of benzene rings is 1. The number of H-pyrrole nitrogens is 1. The third-order valence-electron chi connectivity index (χ3n) is 6.30. The molecule has 1 aliphatic heterocycles. The highest BCUT2D eigenvalue weighted by atomic mass is 32.1. The third kappa shape index (κ3) is 5.86. The van der Waals surface area contributed by atoms with Crippen molar-refractivity contribution in [2.45, 2.75) is 32.1 Å². The van der Waals surface area contributed by atoms with Gasteiger partial charge in [-0.3, -0.25) is 4.79 Å². The smallest absolute Gasteiger partial charge is 0.230 e. The van der Waals surface area contributed by atoms with Crippen LogP contribution in [0.5, 0.6) is 5.75 Å². The number of hydrogen-bond acceptors (Lipinski definition) is 6. The molecule has 3 N–H and O–H groups in total. The molecule has 0 bridgehead atoms. The minimum atomic E-state index is -0.363. The van der Waals surface area contributed by atoms with Crippen molar-refractivity contribution in [1.29, 1.82) is 0 Å². The van der Waals surface area contributed by atoms with E-state index in [9.17, 15) is 9.18 Å². The van der Waals surface area contributed by atoms with E-state index in [0.717, 1.165) is 36.7 Å². The van der Waals surface area contributed by atoms with E-state index in [4.69, 9.17) is 4.74 Å². The third-order valence-corrected chi connectivity index (χ3v) is 7.05. The molecule has 3 aromatic heterocycles. The summed E-state index contributed by atoms with van der Waals surface area (Å²) in [7, 11) is 0. The number of carbonyl (C=O) groups excluding carboxylic acids is 1. The molecule has 1 aliphatic rings. The second-order valence-corrected chi connectivity index (χ2v) is 9.67. The van der Waals surface area contributed by atoms with Crippen LogP contribution in [0.1, 0.15) is 31.2 Å². The lowest BCUT2D eigenvalue weighted by molar-refractivity contribution is -0.115. The van der Waals surface area contributed by atoms with Crippen LogP contribution in [-0.2, 0) is 11.2 Å². The van der Waals surface area contributed by atoms with Gasteiger partial charge in [-0.05, 0) is 68.5 Å². The Morgan fingerprint density at radius 1 is 1.26 bits per heavy atom. The molecule has 4 aromatic rings. The van der Waals surface area contributed by atoms with E-state index in [0.29, 0.717) is 34.0 Å². The predicted molar refractivity (Wildman–Crippen MR) is 136 cm³/mol. The van der Waals surface area contributed by atoms with Crippen molar-refractivity contribution in [3.05, 3.63) is 59.5 Å². The van der Waals surface area contributed by atoms with Crippen molar-refractivity contribution < 1.29 is 13.9 Å². The number of carbonyl (C=O) groups is 1. The molecule has 35 heavy (non-hydrogen) atoms. The van der Waals surface area contributed by atoms with Gasteiger partial charge in [-0.2, -0.15) is 0 Å². The average molecular weight is 494 g/mol. The summed E-state index contributed by atoms with van der Waals surface area (Å²) in [6, 6.07) is 8.98. The number of piperidine rings is 1. The average Bonchev–Trinajstić information content (AvgIpc) is 3.50. The first-order chi connectivity index (χ1) is 17.2. The molecule has 5 rings (SSSR count). The molecule has 9 heteroatoms. The highest BCUT2D eigenvalue weighted by molar-refractivity contribution is 7.14. The van der Waals surface area contributed by atoms with Crippen molar-refractivity contribution in [2.75, 3.05) is 25.0 Å². The minimum absolute atomic E-state index is 0.166. The monoisotopic (exact) mass is 493 g/mol. The zero-order valence-corrected chi connectivity index (χ0v) is 20.2. The highest BCUT2D eigenvalue weighted by Crippen LogP contribution is 2.32. The summed E-state index contributed by atoms with van der Waals surface area (Å²) >= 11 is 1.30. The van der Waals surface area contributed by atoms with Crippen LogP contribution in [-0.4, -0.2) is 40.6 Å². The van der Waals surface area contributed by atoms with Crippen LogP contribution in [0.15, 0.2) is 48.1 Å². The lowest BCUT2D eigenvalue weighted by Gasteiger charge is -2.22. The van der Waals surface area contributed by atoms with Gasteiger partial charge in [0.1, 0.15) is 17.2 Å². The first kappa shape index (κ1) is 23.4. The van der Waals surface area contributed by atoms with Crippen LogP contribution in [0, 0.1) is 11.7 Å². The number of aromatic amines is 1. The molecule has 0 unspecified atom stereocenters. The number of nitrogens with one attached hydrogen (secondary N) is 3. The molecule has 0 aliphatic carbocycles. The first-order valence-corrected chi connectivity index (χ1v) is 12.8. The first-order valence-electron chi connectivity index (χ1n) is 12.0. The van der Waals surface area contributed by atoms with Crippen LogP contribution < -0.4 is 15.4 Å². The van der Waals surface area contributed by atoms with E-state index < -0.39 is 0 Å². The van der Waals surface area contributed by atoms with Gasteiger partial charge in [0.05, 0.1) is 24.1 Å². The molecule has 1 fully saturated rings. The number of rotatable bonds is 9. The Kier molecular flexibility index (Phi) is 7.34. The van der Waals surface area contributed by atoms with E-state index in [-0.39, 0.29) is 18.1 Å². The van der Waals surface area contributed by atoms with Crippen LogP contribution in [0.4, 0.5) is 9.52 Å². The lowest BCUT2D eigenvalue weighted by atomic mass is 9.93. The number of thiazole rings is 1. The van der Waals surface area contributed by atoms with E-state index >= 15 is 0 Å². The molecule has 1 aromatic carbocycles. The number of amides is 1. The second-order valence-electron chi connectivity index (χ2n) is 8.81. The summed E-state index contributed by atoms with van der Waals surface area (Å²) in [6.45, 7) is 2.93. The summed E-state index contributed by atoms with van der Waals surface area (Å²) in [6.07, 6.45) is 8.05. The zero-order chi connectivity index (χ0) is 24.0. The van der Waals surface area contributed by atoms with E-state index in [1.165, 1.54) is 42.9 Å². The van der Waals surface area contributed by atoms with Crippen LogP contribution in [0.3, 0.4) is 0 Å². The number of fused-ring (bicyclic) bond motifs is 1. The van der Waals surface area contributed by atoms with Crippen molar-refractivity contribution in [1.82, 2.24) is 20.3 Å². The largest absolute Gasteiger partial charge is 0.494 e. The molecule has 1 amide bonds. The number of nitrogens with zero attached hydrogens (tertiary/aromatic N) is 2. The molecule has 4 heterocycles. The molecular weight excluding hydrogens is 465 g/mol. The van der Waals surface area contributed by atoms with Crippen LogP contribution in [0.2, 0.25) is 0 Å². The SMILES string of the molecule is O=C(Cc1cccc(OCCCC2CCNCC2)c1)Nc1nc(-c2c[nH]c3nccc(F)c23)cs1. The maximum absolute atomic E-state index is 14.3. The molecule has 7 nitrogen and oxygen atoms in total. The summed E-state index contributed by atoms with van der Waals surface area (Å²) in [5.41, 5.74) is 2.54. The van der Waals surface area contributed by atoms with E-state index in [1.807, 2.05) is 24.3 Å². The van der Waals surface area contributed by atoms with Crippen molar-refractivity contribution in [3.63, 3.8) is 0 Å². The fourth-order valence-electron chi connectivity index (χ4n) is 4.50. The van der Waals surface area contributed by atoms with Gasteiger partial charge in [-0.25, -0.2) is 14.4 Å². The standard InChI is InChI=1S/C26H28FN5O2S/c27-21-8-11-29-25-24(21)20(15-30-25)22-16-35-26(31-22)32-23(33)14-18-3-1-5-19(13-18)34-12-2-4-17-6-9-28-10-7-17/h1,3,5,8,11,13,15-17,28H,2,4,6-7,9-10,12,14H2,(H,29,30)(H,31,32,33). The molecule has 0 atom stereocenters. The van der Waals surface area contributed by atoms with Gasteiger partial charge in [-0.1, -0.05) is 12.1 Å². The van der Waals surface area contributed by atoms with Crippen molar-refractivity contribution >= 4 is 33.4 Å². The van der Waals surface area contributed by atoms with Gasteiger partial charge in [0, 0.05) is 23.3 Å². The normalized spacial score (nSPS) is 14.3. The molecule has 182 valence electrons. The van der Waals surface area contributed by atoms with Crippen molar-refractivity contribution in [3.8, 4) is 17.0 Å². The van der Waals surface area contributed by atoms with Crippen molar-refractivity contribution in [2.24, 2.45) is 5.92 Å². The maximum Gasteiger partial charge on any atom is 0.230 e. The molecule has 0 radical (unpaired) electrons. The summed E-state index contributed by atoms with van der Waals surface area (Å²) in [4.78, 5) is 24.2. The summed E-state index contributed by atoms with van der Waals surface area (Å²) in [5, 5.41) is 8.90. The van der Waals surface area contributed by atoms with Gasteiger partial charge in [-0.15, -0.1) is 11.3 Å². The van der Waals surface area contributed by atoms with Crippen LogP contribution >= 0.6 is 11.3 Å². The van der Waals surface area contributed by atoms with Gasteiger partial charge >= 0.3 is 0 Å². The van der Waals surface area contributed by atoms with Crippen LogP contribution in [0.25, 0.3) is 22.3 Å². The topological polar surface area (TPSA) is 91.9 Å². The van der Waals surface area contributed by atoms with Gasteiger partial charge in [0.2, 0.25) is 5.91 Å². The number of pyridine rings is 1. The Morgan fingerprint density at radius 2 is 2.14 bits per heavy atom. The molecule has 1 saturated heterocycles. The summed E-state index contributed by atoms with van der Waals surface area (Å²) in [5.74, 6) is 1.05. The fourth-order valence-corrected chi connectivity index (χ4v) is 5.23. The predicted octanol–water partition coefficient (Wildman–Crippen LogP) is 5.17. The van der Waals surface area contributed by atoms with Gasteiger partial charge in [0.25, 0.3) is 0 Å². The number of aromatic nitrogens is 3. The number of ether oxygens (including phenoxy) is 1. The Hall–Kier alpha value is -3.30. The Morgan fingerprint density at radius 3 is 3.03 bits per heavy atom. The van der Waals surface area contributed by atoms with E-state index in [2.05, 4.69) is 25.6 Å². The molecular formula is C26H28FN5O2S. The minimum Gasteiger partial charge on any atom is -0.494 e. The Labute approximate surface area is 207 Å². The number of anilines is 1. The fraction of sp³-hybridized carbons (Fsp3) is 0.346. The highest BCUT2D eigenvalue weighted by Gasteiger charge is 2.16. The Bertz CT molecular complexity index is 1300. The quantitative estimate of drug-likeness (QED) is 0.280. The van der Waals surface area contributed by atoms with E-state index in [1.54, 1.807) is 11.6 Å². The number of halogens is 1. The second kappa shape index (κ2) is 11.0. The van der Waals surface area contributed by atoms with Gasteiger partial charge < -0.3 is 20.4 Å². The molecule has 0 saturated carbocycles. The summed E-state index contributed by atoms with van der Waals surface area (Å²) < 4.78 is 20.2. The number of hydrogen-bond donors (Lipinski definition) is 3. The molecule has 0 spiro atoms.